The van der Waals surface area contributed by atoms with E-state index < -0.39 is 0 Å². The first-order valence-electron chi connectivity index (χ1n) is 8.76. The maximum atomic E-state index is 12.4. The van der Waals surface area contributed by atoms with Crippen LogP contribution in [0.5, 0.6) is 5.88 Å². The van der Waals surface area contributed by atoms with E-state index in [-0.39, 0.29) is 16.7 Å². The lowest BCUT2D eigenvalue weighted by Gasteiger charge is -2.13. The number of nitrogens with zero attached hydrogens (tertiary/aromatic N) is 2. The van der Waals surface area contributed by atoms with Crippen LogP contribution in [-0.4, -0.2) is 33.2 Å². The molecular weight excluding hydrogens is 396 g/mol. The lowest BCUT2D eigenvalue weighted by Crippen LogP contribution is -2.30. The Labute approximate surface area is 170 Å². The van der Waals surface area contributed by atoms with E-state index >= 15 is 0 Å². The Morgan fingerprint density at radius 3 is 2.96 bits per heavy atom. The molecule has 148 valence electrons. The molecule has 1 amide bonds. The Hall–Kier alpha value is -2.39. The standard InChI is InChI=1S/C19H22N4O3S2/c1-10-11(2)28-19-15(10)17(25)22-14(23-19)9-27-12(3)16(24)21-8-13-6-5-7-20-18(13)26-4/h5-7,12H,8-9H2,1-4H3,(H,21,24)(H,22,23,25)/t12-/m0/s1. The molecule has 0 spiro atoms. The van der Waals surface area contributed by atoms with Crippen molar-refractivity contribution < 1.29 is 9.53 Å². The van der Waals surface area contributed by atoms with Gasteiger partial charge in [-0.25, -0.2) is 9.97 Å². The average molecular weight is 419 g/mol. The van der Waals surface area contributed by atoms with Gasteiger partial charge in [0.25, 0.3) is 5.56 Å². The maximum absolute atomic E-state index is 12.4. The van der Waals surface area contributed by atoms with Crippen molar-refractivity contribution >= 4 is 39.2 Å². The summed E-state index contributed by atoms with van der Waals surface area (Å²) in [5, 5.41) is 3.26. The van der Waals surface area contributed by atoms with Crippen molar-refractivity contribution in [3.8, 4) is 5.88 Å². The zero-order chi connectivity index (χ0) is 20.3. The van der Waals surface area contributed by atoms with Crippen LogP contribution in [0.15, 0.2) is 23.1 Å². The van der Waals surface area contributed by atoms with E-state index in [1.807, 2.05) is 26.8 Å². The Morgan fingerprint density at radius 1 is 1.43 bits per heavy atom. The van der Waals surface area contributed by atoms with Crippen LogP contribution in [0.25, 0.3) is 10.2 Å². The van der Waals surface area contributed by atoms with Crippen molar-refractivity contribution in [1.82, 2.24) is 20.3 Å². The van der Waals surface area contributed by atoms with Gasteiger partial charge in [-0.15, -0.1) is 23.1 Å². The fraction of sp³-hybridized carbons (Fsp3) is 0.368. The number of aryl methyl sites for hydroxylation is 2. The molecule has 1 atom stereocenters. The highest BCUT2D eigenvalue weighted by Gasteiger charge is 2.16. The fourth-order valence-corrected chi connectivity index (χ4v) is 4.54. The molecule has 9 heteroatoms. The van der Waals surface area contributed by atoms with Crippen LogP contribution in [0.2, 0.25) is 0 Å². The third-order valence-corrected chi connectivity index (χ3v) is 6.68. The first-order chi connectivity index (χ1) is 13.4. The summed E-state index contributed by atoms with van der Waals surface area (Å²) in [6, 6.07) is 3.66. The molecule has 2 N–H and O–H groups in total. The first kappa shape index (κ1) is 20.3. The maximum Gasteiger partial charge on any atom is 0.259 e. The van der Waals surface area contributed by atoms with Gasteiger partial charge in [0.2, 0.25) is 11.8 Å². The zero-order valence-corrected chi connectivity index (χ0v) is 17.8. The highest BCUT2D eigenvalue weighted by molar-refractivity contribution is 7.99. The lowest BCUT2D eigenvalue weighted by atomic mass is 10.2. The molecule has 0 aliphatic heterocycles. The van der Waals surface area contributed by atoms with Crippen LogP contribution in [-0.2, 0) is 17.1 Å². The largest absolute Gasteiger partial charge is 0.481 e. The Bertz CT molecular complexity index is 1060. The first-order valence-corrected chi connectivity index (χ1v) is 10.6. The van der Waals surface area contributed by atoms with Crippen LogP contribution < -0.4 is 15.6 Å². The smallest absolute Gasteiger partial charge is 0.259 e. The number of fused-ring (bicyclic) bond motifs is 1. The molecule has 0 aliphatic rings. The molecule has 7 nitrogen and oxygen atoms in total. The molecule has 3 aromatic rings. The van der Waals surface area contributed by atoms with Crippen LogP contribution in [0.4, 0.5) is 0 Å². The molecule has 3 heterocycles. The molecule has 3 aromatic heterocycles. The van der Waals surface area contributed by atoms with Crippen LogP contribution in [0.1, 0.15) is 28.8 Å². The van der Waals surface area contributed by atoms with Gasteiger partial charge in [0.1, 0.15) is 10.7 Å². The normalized spacial score (nSPS) is 12.1. The van der Waals surface area contributed by atoms with Crippen LogP contribution in [0.3, 0.4) is 0 Å². The molecule has 0 radical (unpaired) electrons. The van der Waals surface area contributed by atoms with Gasteiger partial charge in [-0.3, -0.25) is 9.59 Å². The number of H-pyrrole nitrogens is 1. The molecule has 0 aromatic carbocycles. The van der Waals surface area contributed by atoms with Crippen molar-refractivity contribution in [3.05, 3.63) is 50.5 Å². The summed E-state index contributed by atoms with van der Waals surface area (Å²) < 4.78 is 5.19. The number of methoxy groups -OCH3 is 1. The second kappa shape index (κ2) is 8.74. The average Bonchev–Trinajstić information content (AvgIpc) is 2.98. The summed E-state index contributed by atoms with van der Waals surface area (Å²) in [6.07, 6.45) is 1.64. The van der Waals surface area contributed by atoms with Gasteiger partial charge in [-0.1, -0.05) is 6.07 Å². The number of carbonyl (C=O) groups excluding carboxylic acids is 1. The molecular formula is C19H22N4O3S2. The number of amides is 1. The summed E-state index contributed by atoms with van der Waals surface area (Å²) in [6.45, 7) is 6.09. The van der Waals surface area contributed by atoms with E-state index in [0.29, 0.717) is 29.4 Å². The second-order valence-electron chi connectivity index (χ2n) is 6.32. The minimum Gasteiger partial charge on any atom is -0.481 e. The van der Waals surface area contributed by atoms with E-state index in [1.165, 1.54) is 23.1 Å². The van der Waals surface area contributed by atoms with Gasteiger partial charge in [-0.05, 0) is 32.4 Å². The third kappa shape index (κ3) is 4.36. The number of nitrogens with one attached hydrogen (secondary N) is 2. The predicted molar refractivity (Wildman–Crippen MR) is 113 cm³/mol. The number of thiophene rings is 1. The van der Waals surface area contributed by atoms with E-state index in [9.17, 15) is 9.59 Å². The fourth-order valence-electron chi connectivity index (χ4n) is 2.72. The summed E-state index contributed by atoms with van der Waals surface area (Å²) in [7, 11) is 1.55. The number of aromatic nitrogens is 3. The molecule has 3 rings (SSSR count). The molecule has 0 saturated carbocycles. The van der Waals surface area contributed by atoms with Gasteiger partial charge >= 0.3 is 0 Å². The van der Waals surface area contributed by atoms with Crippen LogP contribution in [0, 0.1) is 13.8 Å². The predicted octanol–water partition coefficient (Wildman–Crippen LogP) is 2.94. The van der Waals surface area contributed by atoms with Crippen molar-refractivity contribution in [2.75, 3.05) is 7.11 Å². The van der Waals surface area contributed by atoms with Crippen LogP contribution >= 0.6 is 23.1 Å². The Morgan fingerprint density at radius 2 is 2.21 bits per heavy atom. The number of carbonyl (C=O) groups is 1. The lowest BCUT2D eigenvalue weighted by molar-refractivity contribution is -0.120. The summed E-state index contributed by atoms with van der Waals surface area (Å²) >= 11 is 2.94. The minimum atomic E-state index is -0.296. The topological polar surface area (TPSA) is 97.0 Å². The van der Waals surface area contributed by atoms with E-state index in [4.69, 9.17) is 4.74 Å². The quantitative estimate of drug-likeness (QED) is 0.612. The Kier molecular flexibility index (Phi) is 6.35. The molecule has 0 fully saturated rings. The molecule has 0 bridgehead atoms. The van der Waals surface area contributed by atoms with Crippen molar-refractivity contribution in [1.29, 1.82) is 0 Å². The number of rotatable bonds is 7. The summed E-state index contributed by atoms with van der Waals surface area (Å²) in [4.78, 5) is 38.1. The third-order valence-electron chi connectivity index (χ3n) is 4.42. The highest BCUT2D eigenvalue weighted by atomic mass is 32.2. The zero-order valence-electron chi connectivity index (χ0n) is 16.2. The van der Waals surface area contributed by atoms with Gasteiger partial charge in [0, 0.05) is 23.2 Å². The molecule has 0 saturated heterocycles. The van der Waals surface area contributed by atoms with E-state index in [2.05, 4.69) is 20.3 Å². The summed E-state index contributed by atoms with van der Waals surface area (Å²) in [5.41, 5.74) is 1.67. The number of aromatic amines is 1. The molecule has 0 aliphatic carbocycles. The number of hydrogen-bond acceptors (Lipinski definition) is 7. The van der Waals surface area contributed by atoms with Gasteiger partial charge in [-0.2, -0.15) is 0 Å². The number of pyridine rings is 1. The number of thioether (sulfide) groups is 1. The van der Waals surface area contributed by atoms with E-state index in [0.717, 1.165) is 20.8 Å². The molecule has 0 unspecified atom stereocenters. The molecule has 28 heavy (non-hydrogen) atoms. The SMILES string of the molecule is COc1ncccc1CNC(=O)[C@H](C)SCc1nc2sc(C)c(C)c2c(=O)[nH]1. The Balaban J connectivity index is 1.60. The van der Waals surface area contributed by atoms with Crippen molar-refractivity contribution in [3.63, 3.8) is 0 Å². The van der Waals surface area contributed by atoms with Gasteiger partial charge in [0.05, 0.1) is 23.5 Å². The van der Waals surface area contributed by atoms with Crippen molar-refractivity contribution in [2.24, 2.45) is 0 Å². The van der Waals surface area contributed by atoms with Gasteiger partial charge < -0.3 is 15.0 Å². The second-order valence-corrected chi connectivity index (χ2v) is 8.85. The highest BCUT2D eigenvalue weighted by Crippen LogP contribution is 2.26. The van der Waals surface area contributed by atoms with Gasteiger partial charge in [0.15, 0.2) is 0 Å². The minimum absolute atomic E-state index is 0.0952. The van der Waals surface area contributed by atoms with E-state index in [1.54, 1.807) is 19.4 Å². The monoisotopic (exact) mass is 418 g/mol. The van der Waals surface area contributed by atoms with Crippen molar-refractivity contribution in [2.45, 2.75) is 38.3 Å². The number of hydrogen-bond donors (Lipinski definition) is 2. The number of ether oxygens (including phenoxy) is 1. The summed E-state index contributed by atoms with van der Waals surface area (Å²) in [5.74, 6) is 1.44.